The number of nitrogens with zero attached hydrogens (tertiary/aromatic N) is 1. The number of benzene rings is 2. The third kappa shape index (κ3) is 3.47. The second-order valence-corrected chi connectivity index (χ2v) is 6.28. The topological polar surface area (TPSA) is 57.5 Å². The average Bonchev–Trinajstić information content (AvgIpc) is 2.64. The van der Waals surface area contributed by atoms with Crippen LogP contribution in [0.3, 0.4) is 0 Å². The van der Waals surface area contributed by atoms with Crippen molar-refractivity contribution in [3.63, 3.8) is 0 Å². The zero-order valence-corrected chi connectivity index (χ0v) is 15.0. The van der Waals surface area contributed by atoms with Crippen LogP contribution in [0.25, 0.3) is 10.8 Å². The highest BCUT2D eigenvalue weighted by Gasteiger charge is 2.24. The Bertz CT molecular complexity index is 976. The maximum absolute atomic E-state index is 13.0. The van der Waals surface area contributed by atoms with Gasteiger partial charge in [-0.15, -0.1) is 0 Å². The van der Waals surface area contributed by atoms with Crippen LogP contribution in [0.5, 0.6) is 5.75 Å². The Morgan fingerprint density at radius 1 is 1.04 bits per heavy atom. The van der Waals surface area contributed by atoms with Gasteiger partial charge in [-0.25, -0.2) is 4.79 Å². The van der Waals surface area contributed by atoms with Crippen molar-refractivity contribution in [2.24, 2.45) is 0 Å². The number of methoxy groups -OCH3 is 1. The highest BCUT2D eigenvalue weighted by Crippen LogP contribution is 2.23. The molecular weight excluding hydrogens is 330 g/mol. The molecule has 134 valence electrons. The van der Waals surface area contributed by atoms with Gasteiger partial charge >= 0.3 is 5.97 Å². The number of esters is 1. The summed E-state index contributed by atoms with van der Waals surface area (Å²) >= 11 is 0. The van der Waals surface area contributed by atoms with E-state index in [9.17, 15) is 9.59 Å². The van der Waals surface area contributed by atoms with Crippen molar-refractivity contribution in [3.8, 4) is 5.75 Å². The fourth-order valence-corrected chi connectivity index (χ4v) is 2.95. The lowest BCUT2D eigenvalue weighted by Gasteiger charge is -2.19. The summed E-state index contributed by atoms with van der Waals surface area (Å²) in [6.07, 6.45) is 1.67. The first-order valence-electron chi connectivity index (χ1n) is 8.45. The molecular formula is C21H21NO4. The quantitative estimate of drug-likeness (QED) is 0.660. The molecule has 1 aromatic heterocycles. The molecule has 0 bridgehead atoms. The molecule has 0 aliphatic carbocycles. The highest BCUT2D eigenvalue weighted by atomic mass is 16.5. The van der Waals surface area contributed by atoms with Crippen LogP contribution >= 0.6 is 0 Å². The standard InChI is InChI=1S/C21H21NO4/c1-14(2)26-17-9-10-18-16(13-17)11-12-22(20(18)23)19(21(24)25-3)15-7-5-4-6-8-15/h4-14,19H,1-3H3. The van der Waals surface area contributed by atoms with Gasteiger partial charge in [-0.2, -0.15) is 0 Å². The fourth-order valence-electron chi connectivity index (χ4n) is 2.95. The Morgan fingerprint density at radius 2 is 1.77 bits per heavy atom. The van der Waals surface area contributed by atoms with Crippen molar-refractivity contribution in [2.45, 2.75) is 26.0 Å². The van der Waals surface area contributed by atoms with E-state index in [-0.39, 0.29) is 11.7 Å². The molecule has 0 aliphatic rings. The zero-order chi connectivity index (χ0) is 18.7. The van der Waals surface area contributed by atoms with Crippen molar-refractivity contribution in [1.82, 2.24) is 4.57 Å². The number of hydrogen-bond donors (Lipinski definition) is 0. The fraction of sp³-hybridized carbons (Fsp3) is 0.238. The summed E-state index contributed by atoms with van der Waals surface area (Å²) in [5, 5.41) is 1.29. The molecule has 2 aromatic carbocycles. The van der Waals surface area contributed by atoms with Gasteiger partial charge in [0, 0.05) is 11.6 Å². The Hall–Kier alpha value is -3.08. The molecule has 0 spiro atoms. The van der Waals surface area contributed by atoms with Gasteiger partial charge in [0.15, 0.2) is 6.04 Å². The molecule has 5 nitrogen and oxygen atoms in total. The van der Waals surface area contributed by atoms with E-state index >= 15 is 0 Å². The second kappa shape index (κ2) is 7.44. The van der Waals surface area contributed by atoms with Crippen LogP contribution in [0.1, 0.15) is 25.5 Å². The van der Waals surface area contributed by atoms with E-state index in [2.05, 4.69) is 0 Å². The summed E-state index contributed by atoms with van der Waals surface area (Å²) in [5.74, 6) is 0.217. The summed E-state index contributed by atoms with van der Waals surface area (Å²) in [5.41, 5.74) is 0.443. The van der Waals surface area contributed by atoms with E-state index in [0.717, 1.165) is 5.39 Å². The van der Waals surface area contributed by atoms with Gasteiger partial charge < -0.3 is 9.47 Å². The molecule has 26 heavy (non-hydrogen) atoms. The molecule has 3 aromatic rings. The maximum Gasteiger partial charge on any atom is 0.333 e. The largest absolute Gasteiger partial charge is 0.491 e. The van der Waals surface area contributed by atoms with Crippen molar-refractivity contribution in [2.75, 3.05) is 7.11 Å². The average molecular weight is 351 g/mol. The summed E-state index contributed by atoms with van der Waals surface area (Å²) in [4.78, 5) is 25.4. The minimum atomic E-state index is -0.829. The molecule has 0 saturated carbocycles. The lowest BCUT2D eigenvalue weighted by atomic mass is 10.1. The van der Waals surface area contributed by atoms with Crippen LogP contribution in [-0.4, -0.2) is 23.8 Å². The first-order chi connectivity index (χ1) is 12.5. The van der Waals surface area contributed by atoms with Crippen LogP contribution in [-0.2, 0) is 9.53 Å². The van der Waals surface area contributed by atoms with Gasteiger partial charge in [0.05, 0.1) is 13.2 Å². The van der Waals surface area contributed by atoms with E-state index in [4.69, 9.17) is 9.47 Å². The summed E-state index contributed by atoms with van der Waals surface area (Å²) in [6.45, 7) is 3.89. The highest BCUT2D eigenvalue weighted by molar-refractivity contribution is 5.84. The third-order valence-electron chi connectivity index (χ3n) is 4.09. The number of ether oxygens (including phenoxy) is 2. The number of hydrogen-bond acceptors (Lipinski definition) is 4. The summed E-state index contributed by atoms with van der Waals surface area (Å²) in [6, 6.07) is 15.4. The minimum absolute atomic E-state index is 0.0506. The first kappa shape index (κ1) is 17.7. The van der Waals surface area contributed by atoms with Crippen LogP contribution in [0.4, 0.5) is 0 Å². The predicted molar refractivity (Wildman–Crippen MR) is 101 cm³/mol. The van der Waals surface area contributed by atoms with Gasteiger partial charge in [0.25, 0.3) is 5.56 Å². The van der Waals surface area contributed by atoms with E-state index in [1.807, 2.05) is 44.2 Å². The Labute approximate surface area is 151 Å². The normalized spacial score (nSPS) is 12.2. The van der Waals surface area contributed by atoms with Gasteiger partial charge in [-0.1, -0.05) is 30.3 Å². The zero-order valence-electron chi connectivity index (χ0n) is 15.0. The Balaban J connectivity index is 2.13. The molecule has 0 amide bonds. The lowest BCUT2D eigenvalue weighted by Crippen LogP contribution is -2.31. The van der Waals surface area contributed by atoms with Crippen LogP contribution in [0.15, 0.2) is 65.6 Å². The van der Waals surface area contributed by atoms with Crippen molar-refractivity contribution in [1.29, 1.82) is 0 Å². The van der Waals surface area contributed by atoms with Gasteiger partial charge in [-0.05, 0) is 49.1 Å². The molecule has 0 aliphatic heterocycles. The number of fused-ring (bicyclic) bond motifs is 1. The molecule has 0 fully saturated rings. The Kier molecular flexibility index (Phi) is 5.07. The molecule has 1 atom stereocenters. The van der Waals surface area contributed by atoms with Crippen LogP contribution in [0.2, 0.25) is 0 Å². The number of carbonyl (C=O) groups is 1. The second-order valence-electron chi connectivity index (χ2n) is 6.28. The smallest absolute Gasteiger partial charge is 0.333 e. The predicted octanol–water partition coefficient (Wildman–Crippen LogP) is 3.55. The van der Waals surface area contributed by atoms with Gasteiger partial charge in [0.1, 0.15) is 5.75 Å². The van der Waals surface area contributed by atoms with E-state index in [0.29, 0.717) is 16.7 Å². The molecule has 5 heteroatoms. The van der Waals surface area contributed by atoms with Crippen LogP contribution in [0, 0.1) is 0 Å². The minimum Gasteiger partial charge on any atom is -0.491 e. The number of carbonyl (C=O) groups excluding carboxylic acids is 1. The Morgan fingerprint density at radius 3 is 2.42 bits per heavy atom. The summed E-state index contributed by atoms with van der Waals surface area (Å²) < 4.78 is 12.0. The number of pyridine rings is 1. The molecule has 1 heterocycles. The molecule has 0 saturated heterocycles. The van der Waals surface area contributed by atoms with Crippen LogP contribution < -0.4 is 10.3 Å². The molecule has 3 rings (SSSR count). The molecule has 1 unspecified atom stereocenters. The first-order valence-corrected chi connectivity index (χ1v) is 8.45. The molecule has 0 radical (unpaired) electrons. The SMILES string of the molecule is COC(=O)C(c1ccccc1)n1ccc2cc(OC(C)C)ccc2c1=O. The van der Waals surface area contributed by atoms with Crippen molar-refractivity contribution < 1.29 is 14.3 Å². The third-order valence-corrected chi connectivity index (χ3v) is 4.09. The summed E-state index contributed by atoms with van der Waals surface area (Å²) in [7, 11) is 1.32. The van der Waals surface area contributed by atoms with E-state index in [1.165, 1.54) is 11.7 Å². The lowest BCUT2D eigenvalue weighted by molar-refractivity contribution is -0.143. The van der Waals surface area contributed by atoms with E-state index in [1.54, 1.807) is 30.5 Å². The molecule has 0 N–H and O–H groups in total. The monoisotopic (exact) mass is 351 g/mol. The van der Waals surface area contributed by atoms with Gasteiger partial charge in [0.2, 0.25) is 0 Å². The van der Waals surface area contributed by atoms with Crippen molar-refractivity contribution >= 4 is 16.7 Å². The van der Waals surface area contributed by atoms with E-state index < -0.39 is 12.0 Å². The number of rotatable bonds is 5. The van der Waals surface area contributed by atoms with Gasteiger partial charge in [-0.3, -0.25) is 9.36 Å². The van der Waals surface area contributed by atoms with Crippen molar-refractivity contribution in [3.05, 3.63) is 76.7 Å². The maximum atomic E-state index is 13.0. The number of aromatic nitrogens is 1.